The lowest BCUT2D eigenvalue weighted by atomic mass is 9.88. The van der Waals surface area contributed by atoms with Crippen LogP contribution in [0.15, 0.2) is 97.3 Å². The van der Waals surface area contributed by atoms with Crippen LogP contribution < -0.4 is 9.47 Å². The number of carbonyl (C=O) groups is 3. The van der Waals surface area contributed by atoms with Crippen LogP contribution in [0.3, 0.4) is 0 Å². The molecule has 0 N–H and O–H groups in total. The number of amides is 2. The van der Waals surface area contributed by atoms with E-state index in [-0.39, 0.29) is 29.8 Å². The van der Waals surface area contributed by atoms with Gasteiger partial charge in [-0.1, -0.05) is 71.7 Å². The Hall–Kier alpha value is -5.41. The molecule has 4 fully saturated rings. The number of ether oxygens (including phenoxy) is 2. The zero-order valence-electron chi connectivity index (χ0n) is 45.3. The predicted octanol–water partition coefficient (Wildman–Crippen LogP) is 10.0. The summed E-state index contributed by atoms with van der Waals surface area (Å²) in [6, 6.07) is 27.1. The second kappa shape index (κ2) is 23.7. The lowest BCUT2D eigenvalue weighted by Gasteiger charge is -2.42. The third kappa shape index (κ3) is 11.9. The van der Waals surface area contributed by atoms with E-state index in [9.17, 15) is 9.59 Å². The summed E-state index contributed by atoms with van der Waals surface area (Å²) in [6.07, 6.45) is 7.44. The monoisotopic (exact) mass is 1070 g/mol. The summed E-state index contributed by atoms with van der Waals surface area (Å²) in [7, 11) is 4.26. The minimum atomic E-state index is -0.524. The molecule has 0 aliphatic carbocycles. The molecule has 0 spiro atoms. The summed E-state index contributed by atoms with van der Waals surface area (Å²) in [5, 5.41) is 2.80. The minimum Gasteiger partial charge on any atom is -0.491 e. The largest absolute Gasteiger partial charge is 0.491 e. The number of hydrogen-bond acceptors (Lipinski definition) is 9. The summed E-state index contributed by atoms with van der Waals surface area (Å²) in [5.41, 5.74) is 5.31. The first-order chi connectivity index (χ1) is 36.7. The molecule has 0 bridgehead atoms. The molecule has 6 heterocycles. The van der Waals surface area contributed by atoms with Crippen LogP contribution in [0.1, 0.15) is 97.1 Å². The van der Waals surface area contributed by atoms with Gasteiger partial charge in [-0.05, 0) is 127 Å². The van der Waals surface area contributed by atoms with Crippen molar-refractivity contribution in [3.8, 4) is 11.5 Å². The molecule has 2 unspecified atom stereocenters. The Labute approximate surface area is 459 Å². The maximum Gasteiger partial charge on any atom is 0.256 e. The first-order valence-corrected chi connectivity index (χ1v) is 28.5. The van der Waals surface area contributed by atoms with Gasteiger partial charge in [-0.25, -0.2) is 0 Å². The van der Waals surface area contributed by atoms with Gasteiger partial charge in [-0.15, -0.1) is 0 Å². The standard InChI is InChI=1S/C61H76Cl2N8O5/c1-41(2)75-57-13-9-7-11-47(57)43-19-23-68(24-20-43)60(73)51-37-70(53-35-45(62)15-17-49(51)53)39-55(66-31-27-64(5)28-32-66)59(72)56(67-33-29-65(6)30-34-67)40-71-38-52(50-18-16-46(63)36-54(50)71)61(74)69-25-21-44(22-26-69)48-12-8-10-14-58(48)76-42(3)4/h7-18,35-38,41-44,55-56H,19-34,39-40H2,1-6H3. The van der Waals surface area contributed by atoms with Crippen LogP contribution in [0.25, 0.3) is 21.8 Å². The van der Waals surface area contributed by atoms with Crippen molar-refractivity contribution in [2.24, 2.45) is 0 Å². The fraction of sp³-hybridized carbons (Fsp3) is 0.492. The quantitative estimate of drug-likeness (QED) is 0.0939. The minimum absolute atomic E-state index is 0.0107. The van der Waals surface area contributed by atoms with Crippen molar-refractivity contribution in [1.82, 2.24) is 38.5 Å². The van der Waals surface area contributed by atoms with E-state index in [1.54, 1.807) is 0 Å². The van der Waals surface area contributed by atoms with Gasteiger partial charge in [0.05, 0.1) is 46.5 Å². The normalized spacial score (nSPS) is 19.0. The Kier molecular flexibility index (Phi) is 16.8. The number of piperazine rings is 2. The summed E-state index contributed by atoms with van der Waals surface area (Å²) >= 11 is 13.6. The number of nitrogens with zero attached hydrogens (tertiary/aromatic N) is 8. The average molecular weight is 1070 g/mol. The molecule has 404 valence electrons. The molecule has 13 nitrogen and oxygen atoms in total. The van der Waals surface area contributed by atoms with E-state index in [4.69, 9.17) is 32.7 Å². The topological polar surface area (TPSA) is 99.0 Å². The number of benzene rings is 4. The number of para-hydroxylation sites is 2. The van der Waals surface area contributed by atoms with E-state index in [0.717, 1.165) is 111 Å². The van der Waals surface area contributed by atoms with Gasteiger partial charge in [0.25, 0.3) is 11.8 Å². The molecular formula is C61H76Cl2N8O5. The van der Waals surface area contributed by atoms with Crippen molar-refractivity contribution in [2.45, 2.75) is 103 Å². The van der Waals surface area contributed by atoms with Crippen molar-refractivity contribution in [1.29, 1.82) is 0 Å². The zero-order chi connectivity index (χ0) is 53.2. The van der Waals surface area contributed by atoms with Crippen LogP contribution in [-0.4, -0.2) is 173 Å². The van der Waals surface area contributed by atoms with Crippen LogP contribution in [0, 0.1) is 0 Å². The molecule has 4 aliphatic rings. The number of rotatable bonds is 16. The Morgan fingerprint density at radius 1 is 0.513 bits per heavy atom. The molecule has 0 radical (unpaired) electrons. The maximum absolute atomic E-state index is 16.1. The highest BCUT2D eigenvalue weighted by molar-refractivity contribution is 6.32. The van der Waals surface area contributed by atoms with Crippen molar-refractivity contribution in [3.05, 3.63) is 130 Å². The number of hydrogen-bond donors (Lipinski definition) is 0. The number of piperidine rings is 2. The Morgan fingerprint density at radius 3 is 1.25 bits per heavy atom. The average Bonchev–Trinajstić information content (AvgIpc) is 3.97. The smallest absolute Gasteiger partial charge is 0.256 e. The molecule has 4 aromatic carbocycles. The Balaban J connectivity index is 0.939. The molecule has 2 atom stereocenters. The van der Waals surface area contributed by atoms with E-state index in [0.29, 0.717) is 72.3 Å². The first kappa shape index (κ1) is 54.0. The third-order valence-electron chi connectivity index (χ3n) is 16.5. The highest BCUT2D eigenvalue weighted by atomic mass is 35.5. The fourth-order valence-electron chi connectivity index (χ4n) is 12.3. The van der Waals surface area contributed by atoms with Gasteiger partial charge in [0, 0.05) is 125 Å². The van der Waals surface area contributed by atoms with Crippen LogP contribution >= 0.6 is 23.2 Å². The van der Waals surface area contributed by atoms with E-state index in [1.165, 1.54) is 11.1 Å². The molecule has 6 aromatic rings. The van der Waals surface area contributed by atoms with Crippen LogP contribution in [0.2, 0.25) is 10.0 Å². The number of likely N-dealkylation sites (N-methyl/N-ethyl adjacent to an activating group) is 2. The molecule has 4 aliphatic heterocycles. The molecule has 15 heteroatoms. The van der Waals surface area contributed by atoms with Crippen LogP contribution in [0.4, 0.5) is 0 Å². The molecule has 2 amide bonds. The Morgan fingerprint density at radius 2 is 0.882 bits per heavy atom. The van der Waals surface area contributed by atoms with E-state index >= 15 is 4.79 Å². The number of fused-ring (bicyclic) bond motifs is 2. The SMILES string of the molecule is CC(C)Oc1ccccc1C1CCN(C(=O)c2cn(CC(C(=O)C(Cn3cc(C(=O)N4CCC(c5ccccc5OC(C)C)CC4)c4ccc(Cl)cc43)N3CCN(C)CC3)N3CCN(C)CC3)c3cc(Cl)ccc23)CC1. The van der Waals surface area contributed by atoms with Gasteiger partial charge in [0.1, 0.15) is 11.5 Å². The molecule has 76 heavy (non-hydrogen) atoms. The lowest BCUT2D eigenvalue weighted by molar-refractivity contribution is -0.132. The number of halogens is 2. The van der Waals surface area contributed by atoms with Crippen molar-refractivity contribution < 1.29 is 23.9 Å². The zero-order valence-corrected chi connectivity index (χ0v) is 46.8. The summed E-state index contributed by atoms with van der Waals surface area (Å²) in [6.45, 7) is 17.6. The number of aromatic nitrogens is 2. The molecule has 2 aromatic heterocycles. The van der Waals surface area contributed by atoms with Gasteiger partial charge < -0.3 is 38.2 Å². The lowest BCUT2D eigenvalue weighted by Crippen LogP contribution is -2.60. The van der Waals surface area contributed by atoms with Crippen molar-refractivity contribution in [2.75, 3.05) is 92.6 Å². The van der Waals surface area contributed by atoms with E-state index < -0.39 is 12.1 Å². The molecular weight excluding hydrogens is 996 g/mol. The number of Topliss-reactive ketones (excluding diaryl/α,β-unsaturated/α-hetero) is 1. The van der Waals surface area contributed by atoms with Crippen LogP contribution in [0.5, 0.6) is 11.5 Å². The van der Waals surface area contributed by atoms with Crippen LogP contribution in [-0.2, 0) is 17.9 Å². The number of ketones is 1. The summed E-state index contributed by atoms with van der Waals surface area (Å²) in [5.74, 6) is 2.52. The third-order valence-corrected chi connectivity index (χ3v) is 17.0. The highest BCUT2D eigenvalue weighted by Crippen LogP contribution is 2.38. The highest BCUT2D eigenvalue weighted by Gasteiger charge is 2.39. The summed E-state index contributed by atoms with van der Waals surface area (Å²) < 4.78 is 16.6. The molecule has 4 saturated heterocycles. The molecule has 10 rings (SSSR count). The van der Waals surface area contributed by atoms with Gasteiger partial charge >= 0.3 is 0 Å². The summed E-state index contributed by atoms with van der Waals surface area (Å²) in [4.78, 5) is 59.0. The molecule has 0 saturated carbocycles. The first-order valence-electron chi connectivity index (χ1n) is 27.7. The van der Waals surface area contributed by atoms with Crippen molar-refractivity contribution in [3.63, 3.8) is 0 Å². The number of carbonyl (C=O) groups excluding carboxylic acids is 3. The second-order valence-electron chi connectivity index (χ2n) is 22.4. The number of likely N-dealkylation sites (tertiary alicyclic amines) is 2. The van der Waals surface area contributed by atoms with Gasteiger partial charge in [-0.3, -0.25) is 24.2 Å². The van der Waals surface area contributed by atoms with Gasteiger partial charge in [0.15, 0.2) is 5.78 Å². The Bertz CT molecular complexity index is 2810. The van der Waals surface area contributed by atoms with Gasteiger partial charge in [0.2, 0.25) is 0 Å². The van der Waals surface area contributed by atoms with E-state index in [2.05, 4.69) is 94.8 Å². The van der Waals surface area contributed by atoms with Crippen molar-refractivity contribution >= 4 is 62.6 Å². The van der Waals surface area contributed by atoms with E-state index in [1.807, 2.05) is 82.9 Å². The maximum atomic E-state index is 16.1. The van der Waals surface area contributed by atoms with Gasteiger partial charge in [-0.2, -0.15) is 0 Å². The predicted molar refractivity (Wildman–Crippen MR) is 305 cm³/mol. The second-order valence-corrected chi connectivity index (χ2v) is 23.2. The fourth-order valence-corrected chi connectivity index (χ4v) is 12.6.